The van der Waals surface area contributed by atoms with E-state index in [0.29, 0.717) is 11.4 Å². The molecule has 0 bridgehead atoms. The zero-order chi connectivity index (χ0) is 16.4. The molecule has 2 rings (SSSR count). The number of likely N-dealkylation sites (N-methyl/N-ethyl adjacent to an activating group) is 1. The minimum atomic E-state index is -1.09. The lowest BCUT2D eigenvalue weighted by molar-refractivity contribution is -0.141. The summed E-state index contributed by atoms with van der Waals surface area (Å²) in [5.41, 5.74) is 1.44. The molecule has 6 nitrogen and oxygen atoms in total. The predicted octanol–water partition coefficient (Wildman–Crippen LogP) is 1.86. The Morgan fingerprint density at radius 2 is 1.91 bits per heavy atom. The summed E-state index contributed by atoms with van der Waals surface area (Å²) in [6, 6.07) is 6.31. The van der Waals surface area contributed by atoms with E-state index in [2.05, 4.69) is 5.10 Å². The van der Waals surface area contributed by atoms with Gasteiger partial charge in [0.15, 0.2) is 5.69 Å². The molecule has 0 spiro atoms. The SMILES string of the molecule is Cc1cc(C(=O)N(C)C(C)C(=O)O)nn1-c1ccc(F)cc1. The maximum absolute atomic E-state index is 13.0. The second-order valence-corrected chi connectivity index (χ2v) is 4.99. The fraction of sp³-hybridized carbons (Fsp3) is 0.267. The maximum atomic E-state index is 13.0. The van der Waals surface area contributed by atoms with Crippen LogP contribution in [0.25, 0.3) is 5.69 Å². The van der Waals surface area contributed by atoms with Gasteiger partial charge in [-0.15, -0.1) is 0 Å². The lowest BCUT2D eigenvalue weighted by Gasteiger charge is -2.20. The lowest BCUT2D eigenvalue weighted by Crippen LogP contribution is -2.40. The standard InChI is InChI=1S/C15H16FN3O3/c1-9-8-13(14(20)18(3)10(2)15(21)22)17-19(9)12-6-4-11(16)5-7-12/h4-8,10H,1-3H3,(H,21,22). The van der Waals surface area contributed by atoms with E-state index in [-0.39, 0.29) is 11.5 Å². The first-order chi connectivity index (χ1) is 10.3. The Bertz CT molecular complexity index is 709. The molecule has 0 saturated heterocycles. The van der Waals surface area contributed by atoms with Gasteiger partial charge in [0.25, 0.3) is 5.91 Å². The van der Waals surface area contributed by atoms with Crippen LogP contribution >= 0.6 is 0 Å². The number of aliphatic carboxylic acids is 1. The van der Waals surface area contributed by atoms with Crippen molar-refractivity contribution in [1.29, 1.82) is 0 Å². The third kappa shape index (κ3) is 2.98. The average Bonchev–Trinajstić information content (AvgIpc) is 2.87. The Morgan fingerprint density at radius 3 is 2.45 bits per heavy atom. The Labute approximate surface area is 126 Å². The number of amides is 1. The van der Waals surface area contributed by atoms with Crippen molar-refractivity contribution >= 4 is 11.9 Å². The van der Waals surface area contributed by atoms with E-state index in [4.69, 9.17) is 5.11 Å². The fourth-order valence-corrected chi connectivity index (χ4v) is 1.94. The number of rotatable bonds is 4. The van der Waals surface area contributed by atoms with Gasteiger partial charge in [-0.05, 0) is 44.2 Å². The quantitative estimate of drug-likeness (QED) is 0.935. The number of aryl methyl sites for hydroxylation is 1. The lowest BCUT2D eigenvalue weighted by atomic mass is 10.2. The first-order valence-corrected chi connectivity index (χ1v) is 6.64. The second kappa shape index (κ2) is 5.97. The van der Waals surface area contributed by atoms with Crippen molar-refractivity contribution in [3.63, 3.8) is 0 Å². The highest BCUT2D eigenvalue weighted by molar-refractivity contribution is 5.94. The molecule has 1 aromatic heterocycles. The number of hydrogen-bond donors (Lipinski definition) is 1. The molecule has 2 aromatic rings. The molecule has 7 heteroatoms. The topological polar surface area (TPSA) is 75.4 Å². The van der Waals surface area contributed by atoms with E-state index < -0.39 is 17.9 Å². The number of carbonyl (C=O) groups is 2. The Balaban J connectivity index is 2.31. The van der Waals surface area contributed by atoms with Crippen LogP contribution in [0.5, 0.6) is 0 Å². The van der Waals surface area contributed by atoms with Crippen LogP contribution in [0.1, 0.15) is 23.1 Å². The normalized spacial score (nSPS) is 12.0. The van der Waals surface area contributed by atoms with Crippen LogP contribution in [0.15, 0.2) is 30.3 Å². The van der Waals surface area contributed by atoms with Crippen molar-refractivity contribution in [2.45, 2.75) is 19.9 Å². The minimum Gasteiger partial charge on any atom is -0.480 e. The number of hydrogen-bond acceptors (Lipinski definition) is 3. The van der Waals surface area contributed by atoms with Gasteiger partial charge in [-0.2, -0.15) is 5.10 Å². The van der Waals surface area contributed by atoms with Crippen LogP contribution in [-0.2, 0) is 4.79 Å². The van der Waals surface area contributed by atoms with Gasteiger partial charge in [-0.1, -0.05) is 0 Å². The monoisotopic (exact) mass is 305 g/mol. The predicted molar refractivity (Wildman–Crippen MR) is 77.5 cm³/mol. The zero-order valence-corrected chi connectivity index (χ0v) is 12.4. The van der Waals surface area contributed by atoms with Crippen LogP contribution in [0.3, 0.4) is 0 Å². The number of nitrogens with zero attached hydrogens (tertiary/aromatic N) is 3. The number of benzene rings is 1. The Hall–Kier alpha value is -2.70. The van der Waals surface area contributed by atoms with E-state index in [9.17, 15) is 14.0 Å². The zero-order valence-electron chi connectivity index (χ0n) is 12.4. The van der Waals surface area contributed by atoms with Crippen LogP contribution in [0.4, 0.5) is 4.39 Å². The third-order valence-corrected chi connectivity index (χ3v) is 3.44. The highest BCUT2D eigenvalue weighted by Gasteiger charge is 2.25. The smallest absolute Gasteiger partial charge is 0.326 e. The molecule has 1 N–H and O–H groups in total. The van der Waals surface area contributed by atoms with E-state index in [1.54, 1.807) is 25.1 Å². The van der Waals surface area contributed by atoms with Gasteiger partial charge in [-0.25, -0.2) is 13.9 Å². The summed E-state index contributed by atoms with van der Waals surface area (Å²) >= 11 is 0. The van der Waals surface area contributed by atoms with E-state index >= 15 is 0 Å². The number of aromatic nitrogens is 2. The van der Waals surface area contributed by atoms with Gasteiger partial charge in [0, 0.05) is 12.7 Å². The van der Waals surface area contributed by atoms with Gasteiger partial charge in [-0.3, -0.25) is 4.79 Å². The van der Waals surface area contributed by atoms with Gasteiger partial charge >= 0.3 is 5.97 Å². The van der Waals surface area contributed by atoms with E-state index in [0.717, 1.165) is 4.90 Å². The van der Waals surface area contributed by atoms with Gasteiger partial charge in [0.05, 0.1) is 5.69 Å². The fourth-order valence-electron chi connectivity index (χ4n) is 1.94. The van der Waals surface area contributed by atoms with E-state index in [1.165, 1.54) is 30.8 Å². The van der Waals surface area contributed by atoms with Crippen molar-refractivity contribution in [2.24, 2.45) is 0 Å². The summed E-state index contributed by atoms with van der Waals surface area (Å²) < 4.78 is 14.5. The molecule has 0 aliphatic rings. The summed E-state index contributed by atoms with van der Waals surface area (Å²) in [7, 11) is 1.41. The van der Waals surface area contributed by atoms with Crippen molar-refractivity contribution < 1.29 is 19.1 Å². The summed E-state index contributed by atoms with van der Waals surface area (Å²) in [6.45, 7) is 3.18. The Morgan fingerprint density at radius 1 is 1.32 bits per heavy atom. The molecule has 22 heavy (non-hydrogen) atoms. The van der Waals surface area contributed by atoms with Crippen LogP contribution in [0.2, 0.25) is 0 Å². The number of carboxylic acid groups (broad SMARTS) is 1. The first-order valence-electron chi connectivity index (χ1n) is 6.64. The third-order valence-electron chi connectivity index (χ3n) is 3.44. The molecule has 1 aromatic carbocycles. The molecular formula is C15H16FN3O3. The number of halogens is 1. The van der Waals surface area contributed by atoms with Crippen molar-refractivity contribution in [3.8, 4) is 5.69 Å². The molecule has 0 aliphatic carbocycles. The minimum absolute atomic E-state index is 0.137. The van der Waals surface area contributed by atoms with Crippen molar-refractivity contribution in [2.75, 3.05) is 7.05 Å². The first kappa shape index (κ1) is 15.7. The summed E-state index contributed by atoms with van der Waals surface area (Å²) in [6.07, 6.45) is 0. The molecule has 1 heterocycles. The molecule has 116 valence electrons. The van der Waals surface area contributed by atoms with Crippen molar-refractivity contribution in [3.05, 3.63) is 47.5 Å². The molecule has 1 atom stereocenters. The summed E-state index contributed by atoms with van der Waals surface area (Å²) in [4.78, 5) is 24.3. The second-order valence-electron chi connectivity index (χ2n) is 4.99. The molecular weight excluding hydrogens is 289 g/mol. The summed E-state index contributed by atoms with van der Waals surface area (Å²) in [5, 5.41) is 13.1. The molecule has 0 aliphatic heterocycles. The van der Waals surface area contributed by atoms with Gasteiger partial charge in [0.2, 0.25) is 0 Å². The molecule has 0 saturated carbocycles. The molecule has 1 unspecified atom stereocenters. The van der Waals surface area contributed by atoms with Crippen LogP contribution < -0.4 is 0 Å². The number of carboxylic acids is 1. The summed E-state index contributed by atoms with van der Waals surface area (Å²) in [5.74, 6) is -1.94. The maximum Gasteiger partial charge on any atom is 0.326 e. The van der Waals surface area contributed by atoms with Crippen LogP contribution in [-0.4, -0.2) is 44.8 Å². The van der Waals surface area contributed by atoms with Crippen molar-refractivity contribution in [1.82, 2.24) is 14.7 Å². The highest BCUT2D eigenvalue weighted by atomic mass is 19.1. The van der Waals surface area contributed by atoms with E-state index in [1.807, 2.05) is 0 Å². The average molecular weight is 305 g/mol. The Kier molecular flexibility index (Phi) is 4.25. The molecule has 0 radical (unpaired) electrons. The largest absolute Gasteiger partial charge is 0.480 e. The van der Waals surface area contributed by atoms with Gasteiger partial charge in [0.1, 0.15) is 11.9 Å². The van der Waals surface area contributed by atoms with Crippen LogP contribution in [0, 0.1) is 12.7 Å². The van der Waals surface area contributed by atoms with Gasteiger partial charge < -0.3 is 10.0 Å². The number of carbonyl (C=O) groups excluding carboxylic acids is 1. The molecule has 1 amide bonds. The highest BCUT2D eigenvalue weighted by Crippen LogP contribution is 2.14. The molecule has 0 fully saturated rings.